The molecule has 0 radical (unpaired) electrons. The van der Waals surface area contributed by atoms with Gasteiger partial charge in [0.25, 0.3) is 0 Å². The molecule has 0 bridgehead atoms. The Hall–Kier alpha value is -2.92. The number of carbonyl (C=O) groups is 1. The number of nitrogens with zero attached hydrogens (tertiary/aromatic N) is 5. The number of amides is 1. The summed E-state index contributed by atoms with van der Waals surface area (Å²) in [6.07, 6.45) is 3.38. The fourth-order valence-electron chi connectivity index (χ4n) is 3.42. The molecule has 11 heteroatoms. The van der Waals surface area contributed by atoms with Crippen LogP contribution in [0.2, 0.25) is 5.02 Å². The Balaban J connectivity index is 1.60. The van der Waals surface area contributed by atoms with E-state index in [-0.39, 0.29) is 23.8 Å². The summed E-state index contributed by atoms with van der Waals surface area (Å²) < 4.78 is 6.11. The first-order chi connectivity index (χ1) is 16.4. The van der Waals surface area contributed by atoms with E-state index in [4.69, 9.17) is 27.1 Å². The Bertz CT molecular complexity index is 1170. The molecule has 1 fully saturated rings. The van der Waals surface area contributed by atoms with Gasteiger partial charge in [-0.25, -0.2) is 4.98 Å². The van der Waals surface area contributed by atoms with Crippen LogP contribution in [0.25, 0.3) is 0 Å². The summed E-state index contributed by atoms with van der Waals surface area (Å²) in [7, 11) is 2.09. The monoisotopic (exact) mass is 500 g/mol. The van der Waals surface area contributed by atoms with Crippen LogP contribution in [0.4, 0.5) is 5.95 Å². The lowest BCUT2D eigenvalue weighted by atomic mass is 10.2. The average molecular weight is 501 g/mol. The summed E-state index contributed by atoms with van der Waals surface area (Å²) in [6, 6.07) is 8.67. The second-order valence-electron chi connectivity index (χ2n) is 7.84. The van der Waals surface area contributed by atoms with Gasteiger partial charge in [0.1, 0.15) is 6.61 Å². The maximum absolute atomic E-state index is 11.5. The topological polar surface area (TPSA) is 118 Å². The number of aromatic nitrogens is 3. The first-order valence-corrected chi connectivity index (χ1v) is 11.9. The van der Waals surface area contributed by atoms with Crippen LogP contribution in [0.3, 0.4) is 0 Å². The number of primary amides is 1. The van der Waals surface area contributed by atoms with E-state index >= 15 is 0 Å². The van der Waals surface area contributed by atoms with Crippen LogP contribution in [0, 0.1) is 0 Å². The molecule has 3 aromatic rings. The molecule has 4 rings (SSSR count). The molecule has 0 saturated carbocycles. The number of aliphatic hydroxyl groups excluding tert-OH is 1. The average Bonchev–Trinajstić information content (AvgIpc) is 2.84. The Morgan fingerprint density at radius 3 is 2.71 bits per heavy atom. The minimum absolute atomic E-state index is 0.141. The first-order valence-electron chi connectivity index (χ1n) is 10.7. The minimum atomic E-state index is -0.579. The maximum Gasteiger partial charge on any atom is 0.250 e. The summed E-state index contributed by atoms with van der Waals surface area (Å²) in [6.45, 7) is 3.64. The zero-order valence-electron chi connectivity index (χ0n) is 18.6. The molecule has 0 atom stereocenters. The fraction of sp³-hybridized carbons (Fsp3) is 0.304. The molecular weight excluding hydrogens is 476 g/mol. The van der Waals surface area contributed by atoms with E-state index in [2.05, 4.69) is 26.8 Å². The molecule has 3 heterocycles. The van der Waals surface area contributed by atoms with Gasteiger partial charge in [0.05, 0.1) is 34.0 Å². The molecule has 1 aliphatic heterocycles. The number of ether oxygens (including phenoxy) is 1. The van der Waals surface area contributed by atoms with Crippen molar-refractivity contribution in [3.05, 3.63) is 64.6 Å². The molecule has 2 aromatic heterocycles. The third-order valence-corrected chi connectivity index (χ3v) is 6.65. The largest absolute Gasteiger partial charge is 0.472 e. The lowest BCUT2D eigenvalue weighted by molar-refractivity contribution is 0.100. The zero-order chi connectivity index (χ0) is 24.1. The molecule has 1 aromatic carbocycles. The van der Waals surface area contributed by atoms with Gasteiger partial charge in [0.2, 0.25) is 17.7 Å². The molecule has 0 aliphatic carbocycles. The van der Waals surface area contributed by atoms with Crippen molar-refractivity contribution in [2.75, 3.05) is 38.1 Å². The summed E-state index contributed by atoms with van der Waals surface area (Å²) in [4.78, 5) is 30.8. The summed E-state index contributed by atoms with van der Waals surface area (Å²) in [5.41, 5.74) is 7.05. The van der Waals surface area contributed by atoms with E-state index in [1.807, 2.05) is 6.07 Å². The molecule has 1 saturated heterocycles. The fourth-order valence-corrected chi connectivity index (χ4v) is 4.62. The molecule has 1 aliphatic rings. The highest BCUT2D eigenvalue weighted by Crippen LogP contribution is 2.36. The van der Waals surface area contributed by atoms with Gasteiger partial charge in [-0.3, -0.25) is 9.78 Å². The number of aliphatic hydroxyl groups is 1. The number of nitrogens with two attached hydrogens (primary N) is 1. The number of benzene rings is 1. The van der Waals surface area contributed by atoms with Crippen molar-refractivity contribution in [3.8, 4) is 5.88 Å². The van der Waals surface area contributed by atoms with E-state index in [0.717, 1.165) is 36.6 Å². The number of hydrogen-bond acceptors (Lipinski definition) is 9. The number of pyridine rings is 1. The van der Waals surface area contributed by atoms with Gasteiger partial charge in [-0.2, -0.15) is 4.98 Å². The highest BCUT2D eigenvalue weighted by molar-refractivity contribution is 7.99. The van der Waals surface area contributed by atoms with Gasteiger partial charge in [0.15, 0.2) is 0 Å². The lowest BCUT2D eigenvalue weighted by Crippen LogP contribution is -2.45. The number of anilines is 1. The van der Waals surface area contributed by atoms with Crippen LogP contribution in [-0.4, -0.2) is 64.1 Å². The van der Waals surface area contributed by atoms with Crippen molar-refractivity contribution >= 4 is 35.2 Å². The van der Waals surface area contributed by atoms with Gasteiger partial charge in [-0.15, -0.1) is 0 Å². The van der Waals surface area contributed by atoms with E-state index in [0.29, 0.717) is 22.4 Å². The first kappa shape index (κ1) is 24.2. The lowest BCUT2D eigenvalue weighted by Gasteiger charge is -2.32. The Morgan fingerprint density at radius 1 is 1.21 bits per heavy atom. The predicted octanol–water partition coefficient (Wildman–Crippen LogP) is 2.60. The smallest absolute Gasteiger partial charge is 0.250 e. The highest BCUT2D eigenvalue weighted by Gasteiger charge is 2.19. The van der Waals surface area contributed by atoms with E-state index in [1.165, 1.54) is 11.8 Å². The van der Waals surface area contributed by atoms with Crippen molar-refractivity contribution in [1.29, 1.82) is 0 Å². The molecule has 178 valence electrons. The molecule has 34 heavy (non-hydrogen) atoms. The normalized spacial score (nSPS) is 14.3. The third-order valence-electron chi connectivity index (χ3n) is 5.35. The van der Waals surface area contributed by atoms with Crippen LogP contribution in [0.5, 0.6) is 5.88 Å². The standard InChI is InChI=1S/C23H25ClN6O3S/c1-29-6-8-30(9-7-29)23-27-12-20(34-17-2-3-18(21(25)32)19(24)11-17)22(28-23)33-14-15-4-5-26-16(10-15)13-31/h2-5,10-12,31H,6-9,13-14H2,1H3,(H2,25,32). The van der Waals surface area contributed by atoms with Crippen molar-refractivity contribution in [2.45, 2.75) is 23.0 Å². The Labute approximate surface area is 206 Å². The number of halogens is 1. The number of likely N-dealkylation sites (N-methyl/N-ethyl adjacent to an activating group) is 1. The SMILES string of the molecule is CN1CCN(c2ncc(Sc3ccc(C(N)=O)c(Cl)c3)c(OCc3ccnc(CO)c3)n2)CC1. The van der Waals surface area contributed by atoms with Crippen LogP contribution >= 0.6 is 23.4 Å². The molecule has 9 nitrogen and oxygen atoms in total. The van der Waals surface area contributed by atoms with Crippen LogP contribution < -0.4 is 15.4 Å². The zero-order valence-corrected chi connectivity index (χ0v) is 20.2. The maximum atomic E-state index is 11.5. The van der Waals surface area contributed by atoms with E-state index in [9.17, 15) is 9.90 Å². The van der Waals surface area contributed by atoms with Crippen molar-refractivity contribution in [2.24, 2.45) is 5.73 Å². The van der Waals surface area contributed by atoms with Gasteiger partial charge in [-0.1, -0.05) is 23.4 Å². The summed E-state index contributed by atoms with van der Waals surface area (Å²) >= 11 is 7.61. The van der Waals surface area contributed by atoms with E-state index < -0.39 is 5.91 Å². The minimum Gasteiger partial charge on any atom is -0.472 e. The number of piperazine rings is 1. The van der Waals surface area contributed by atoms with Crippen LogP contribution in [-0.2, 0) is 13.2 Å². The number of hydrogen-bond donors (Lipinski definition) is 2. The van der Waals surface area contributed by atoms with Crippen LogP contribution in [0.15, 0.2) is 52.5 Å². The summed E-state index contributed by atoms with van der Waals surface area (Å²) in [5, 5.41) is 9.64. The summed E-state index contributed by atoms with van der Waals surface area (Å²) in [5.74, 6) is 0.469. The highest BCUT2D eigenvalue weighted by atomic mass is 35.5. The van der Waals surface area contributed by atoms with Gasteiger partial charge >= 0.3 is 0 Å². The molecule has 0 unspecified atom stereocenters. The predicted molar refractivity (Wildman–Crippen MR) is 130 cm³/mol. The van der Waals surface area contributed by atoms with Crippen molar-refractivity contribution in [3.63, 3.8) is 0 Å². The molecule has 0 spiro atoms. The second-order valence-corrected chi connectivity index (χ2v) is 9.36. The Kier molecular flexibility index (Phi) is 7.84. The van der Waals surface area contributed by atoms with Crippen LogP contribution in [0.1, 0.15) is 21.6 Å². The molecular formula is C23H25ClN6O3S. The molecule has 3 N–H and O–H groups in total. The number of rotatable bonds is 8. The second kappa shape index (κ2) is 11.0. The van der Waals surface area contributed by atoms with Crippen molar-refractivity contribution in [1.82, 2.24) is 19.9 Å². The third kappa shape index (κ3) is 5.95. The van der Waals surface area contributed by atoms with Gasteiger partial charge in [-0.05, 0) is 42.9 Å². The van der Waals surface area contributed by atoms with Gasteiger partial charge in [0, 0.05) is 37.3 Å². The quantitative estimate of drug-likeness (QED) is 0.481. The van der Waals surface area contributed by atoms with Gasteiger partial charge < -0.3 is 25.4 Å². The van der Waals surface area contributed by atoms with E-state index in [1.54, 1.807) is 36.7 Å². The molecule has 1 amide bonds. The Morgan fingerprint density at radius 2 is 2.00 bits per heavy atom. The van der Waals surface area contributed by atoms with Crippen molar-refractivity contribution < 1.29 is 14.6 Å². The number of carbonyl (C=O) groups excluding carboxylic acids is 1.